The molecule has 0 amide bonds. The van der Waals surface area contributed by atoms with Crippen LogP contribution < -0.4 is 0 Å². The molecule has 0 spiro atoms. The van der Waals surface area contributed by atoms with E-state index in [2.05, 4.69) is 70.7 Å². The van der Waals surface area contributed by atoms with E-state index in [1.165, 1.54) is 0 Å². The van der Waals surface area contributed by atoms with Gasteiger partial charge in [-0.05, 0) is 55.4 Å². The third kappa shape index (κ3) is 7.17. The van der Waals surface area contributed by atoms with Gasteiger partial charge in [-0.2, -0.15) is 0 Å². The summed E-state index contributed by atoms with van der Waals surface area (Å²) in [6, 6.07) is 1.65. The van der Waals surface area contributed by atoms with Gasteiger partial charge in [0.25, 0.3) is 0 Å². The molecule has 1 fully saturated rings. The van der Waals surface area contributed by atoms with Gasteiger partial charge in [-0.15, -0.1) is 6.42 Å². The Balaban J connectivity index is 3.11. The third-order valence-electron chi connectivity index (χ3n) is 4.08. The van der Waals surface area contributed by atoms with E-state index in [9.17, 15) is 0 Å². The van der Waals surface area contributed by atoms with Crippen molar-refractivity contribution in [1.82, 2.24) is 9.34 Å². The van der Waals surface area contributed by atoms with Crippen LogP contribution in [0.1, 0.15) is 55.4 Å². The number of nitrogens with zero attached hydrogens (tertiary/aromatic N) is 2. The maximum atomic E-state index is 6.86. The predicted molar refractivity (Wildman–Crippen MR) is 120 cm³/mol. The van der Waals surface area contributed by atoms with E-state index < -0.39 is 8.45 Å². The Hall–Kier alpha value is 0.530. The highest BCUT2D eigenvalue weighted by molar-refractivity contribution is 8.76. The summed E-state index contributed by atoms with van der Waals surface area (Å²) in [5.74, 6) is 4.46. The highest BCUT2D eigenvalue weighted by Crippen LogP contribution is 2.53. The fourth-order valence-electron chi connectivity index (χ4n) is 3.19. The van der Waals surface area contributed by atoms with Crippen molar-refractivity contribution in [3.8, 4) is 12.3 Å². The number of ether oxygens (including phenoxy) is 1. The second-order valence-electron chi connectivity index (χ2n) is 7.65. The van der Waals surface area contributed by atoms with E-state index >= 15 is 0 Å². The minimum absolute atomic E-state index is 0.0599. The van der Waals surface area contributed by atoms with Crippen molar-refractivity contribution in [1.29, 1.82) is 0 Å². The summed E-state index contributed by atoms with van der Waals surface area (Å²) < 4.78 is 17.8. The molecule has 0 aromatic rings. The van der Waals surface area contributed by atoms with Gasteiger partial charge in [0.1, 0.15) is 12.7 Å². The SMILES string of the molecule is C#CCOC1CSSCC1OP(N(C(C)C)C(C)C)N(C(C)C)C(C)C. The van der Waals surface area contributed by atoms with Crippen LogP contribution in [-0.2, 0) is 9.26 Å². The van der Waals surface area contributed by atoms with Crippen LogP contribution in [0, 0.1) is 12.3 Å². The molecule has 2 unspecified atom stereocenters. The molecule has 2 atom stereocenters. The maximum absolute atomic E-state index is 6.86. The number of hydrogen-bond acceptors (Lipinski definition) is 6. The molecule has 4 nitrogen and oxygen atoms in total. The standard InChI is InChI=1S/C19H37N2O2PS2/c1-10-11-22-18-12-25-26-13-19(18)23-24(20(14(2)3)15(4)5)21(16(6)7)17(8)9/h1,14-19H,11-13H2,2-9H3. The van der Waals surface area contributed by atoms with Crippen LogP contribution in [0.3, 0.4) is 0 Å². The van der Waals surface area contributed by atoms with Crippen molar-refractivity contribution >= 4 is 30.0 Å². The van der Waals surface area contributed by atoms with Crippen molar-refractivity contribution in [3.05, 3.63) is 0 Å². The maximum Gasteiger partial charge on any atom is 0.189 e. The average Bonchev–Trinajstić information content (AvgIpc) is 2.52. The fraction of sp³-hybridized carbons (Fsp3) is 0.895. The summed E-state index contributed by atoms with van der Waals surface area (Å²) in [4.78, 5) is 0. The van der Waals surface area contributed by atoms with E-state index in [0.29, 0.717) is 30.8 Å². The van der Waals surface area contributed by atoms with Gasteiger partial charge in [-0.3, -0.25) is 0 Å². The summed E-state index contributed by atoms with van der Waals surface area (Å²) in [5, 5.41) is 0. The van der Waals surface area contributed by atoms with E-state index in [-0.39, 0.29) is 12.2 Å². The molecule has 0 bridgehead atoms. The predicted octanol–water partition coefficient (Wildman–Crippen LogP) is 5.25. The molecule has 0 aromatic heterocycles. The third-order valence-corrected chi connectivity index (χ3v) is 9.59. The lowest BCUT2D eigenvalue weighted by molar-refractivity contribution is 0.00737. The van der Waals surface area contributed by atoms with Gasteiger partial charge in [-0.1, -0.05) is 27.5 Å². The molecule has 1 rings (SSSR count). The molecule has 152 valence electrons. The highest BCUT2D eigenvalue weighted by atomic mass is 33.1. The quantitative estimate of drug-likeness (QED) is 0.272. The molecule has 0 aromatic carbocycles. The lowest BCUT2D eigenvalue weighted by atomic mass is 10.2. The van der Waals surface area contributed by atoms with Crippen molar-refractivity contribution in [2.24, 2.45) is 0 Å². The van der Waals surface area contributed by atoms with E-state index in [1.807, 2.05) is 21.6 Å². The van der Waals surface area contributed by atoms with Crippen LogP contribution in [-0.4, -0.2) is 63.8 Å². The molecule has 0 aliphatic carbocycles. The zero-order chi connectivity index (χ0) is 19.9. The van der Waals surface area contributed by atoms with Crippen molar-refractivity contribution in [2.45, 2.75) is 91.8 Å². The first-order chi connectivity index (χ1) is 12.2. The summed E-state index contributed by atoms with van der Waals surface area (Å²) in [5.41, 5.74) is 0. The van der Waals surface area contributed by atoms with Crippen molar-refractivity contribution < 1.29 is 9.26 Å². The Morgan fingerprint density at radius 1 is 0.885 bits per heavy atom. The Morgan fingerprint density at radius 3 is 1.69 bits per heavy atom. The molecule has 1 aliphatic rings. The van der Waals surface area contributed by atoms with Gasteiger partial charge in [0, 0.05) is 35.7 Å². The molecular formula is C19H37N2O2PS2. The average molecular weight is 421 g/mol. The first-order valence-electron chi connectivity index (χ1n) is 9.53. The number of hydrogen-bond donors (Lipinski definition) is 0. The lowest BCUT2D eigenvalue weighted by Gasteiger charge is -2.47. The smallest absolute Gasteiger partial charge is 0.189 e. The Kier molecular flexibility index (Phi) is 11.5. The topological polar surface area (TPSA) is 24.9 Å². The van der Waals surface area contributed by atoms with Gasteiger partial charge in [-0.25, -0.2) is 9.34 Å². The summed E-state index contributed by atoms with van der Waals surface area (Å²) in [6.45, 7) is 18.4. The molecule has 0 radical (unpaired) electrons. The first kappa shape index (κ1) is 24.6. The van der Waals surface area contributed by atoms with Crippen LogP contribution in [0.15, 0.2) is 0 Å². The summed E-state index contributed by atoms with van der Waals surface area (Å²) in [6.07, 6.45) is 5.54. The van der Waals surface area contributed by atoms with Gasteiger partial charge < -0.3 is 9.26 Å². The Morgan fingerprint density at radius 2 is 1.31 bits per heavy atom. The van der Waals surface area contributed by atoms with Crippen LogP contribution in [0.5, 0.6) is 0 Å². The zero-order valence-electron chi connectivity index (χ0n) is 17.6. The zero-order valence-corrected chi connectivity index (χ0v) is 20.2. The molecule has 7 heteroatoms. The molecule has 0 saturated carbocycles. The van der Waals surface area contributed by atoms with Gasteiger partial charge in [0.2, 0.25) is 0 Å². The van der Waals surface area contributed by atoms with Crippen molar-refractivity contribution in [2.75, 3.05) is 18.1 Å². The molecule has 1 heterocycles. The highest BCUT2D eigenvalue weighted by Gasteiger charge is 2.39. The van der Waals surface area contributed by atoms with Crippen molar-refractivity contribution in [3.63, 3.8) is 0 Å². The normalized spacial score (nSPS) is 21.8. The van der Waals surface area contributed by atoms with Gasteiger partial charge >= 0.3 is 0 Å². The minimum atomic E-state index is -0.897. The summed E-state index contributed by atoms with van der Waals surface area (Å²) >= 11 is 0. The molecule has 26 heavy (non-hydrogen) atoms. The van der Waals surface area contributed by atoms with Gasteiger partial charge in [0.15, 0.2) is 8.45 Å². The van der Waals surface area contributed by atoms with Crippen LogP contribution in [0.4, 0.5) is 0 Å². The molecule has 1 saturated heterocycles. The second-order valence-corrected chi connectivity index (χ2v) is 11.8. The van der Waals surface area contributed by atoms with Crippen LogP contribution >= 0.6 is 30.0 Å². The van der Waals surface area contributed by atoms with Crippen LogP contribution in [0.25, 0.3) is 0 Å². The minimum Gasteiger partial charge on any atom is -0.362 e. The first-order valence-corrected chi connectivity index (χ1v) is 13.2. The monoisotopic (exact) mass is 420 g/mol. The van der Waals surface area contributed by atoms with Gasteiger partial charge in [0.05, 0.1) is 6.10 Å². The van der Waals surface area contributed by atoms with E-state index in [4.69, 9.17) is 15.7 Å². The molecule has 0 N–H and O–H groups in total. The lowest BCUT2D eigenvalue weighted by Crippen LogP contribution is -2.46. The fourth-order valence-corrected chi connectivity index (χ4v) is 8.21. The summed E-state index contributed by atoms with van der Waals surface area (Å²) in [7, 11) is 2.82. The second kappa shape index (κ2) is 12.2. The van der Waals surface area contributed by atoms with E-state index in [0.717, 1.165) is 11.5 Å². The molecule has 1 aliphatic heterocycles. The Bertz CT molecular complexity index is 408. The number of rotatable bonds is 10. The van der Waals surface area contributed by atoms with Crippen LogP contribution in [0.2, 0.25) is 0 Å². The molecular weight excluding hydrogens is 383 g/mol. The Labute approximate surface area is 170 Å². The largest absolute Gasteiger partial charge is 0.362 e. The number of terminal acetylenes is 1. The van der Waals surface area contributed by atoms with E-state index in [1.54, 1.807) is 0 Å².